The second kappa shape index (κ2) is 6.78. The summed E-state index contributed by atoms with van der Waals surface area (Å²) in [4.78, 5) is 27.2. The van der Waals surface area contributed by atoms with Crippen LogP contribution in [0, 0.1) is 0 Å². The predicted octanol–water partition coefficient (Wildman–Crippen LogP) is 3.53. The van der Waals surface area contributed by atoms with Crippen molar-refractivity contribution in [3.05, 3.63) is 41.0 Å². The van der Waals surface area contributed by atoms with Crippen LogP contribution in [0.3, 0.4) is 0 Å². The Balaban J connectivity index is 2.01. The van der Waals surface area contributed by atoms with Crippen molar-refractivity contribution in [1.82, 2.24) is 10.3 Å². The van der Waals surface area contributed by atoms with Crippen molar-refractivity contribution in [3.63, 3.8) is 0 Å². The van der Waals surface area contributed by atoms with E-state index in [1.807, 2.05) is 24.3 Å². The number of ether oxygens (including phenoxy) is 1. The van der Waals surface area contributed by atoms with Crippen molar-refractivity contribution < 1.29 is 19.4 Å². The number of aromatic carboxylic acids is 1. The summed E-state index contributed by atoms with van der Waals surface area (Å²) in [6, 6.07) is 7.29. The highest BCUT2D eigenvalue weighted by Crippen LogP contribution is 2.27. The van der Waals surface area contributed by atoms with Crippen LogP contribution in [-0.2, 0) is 11.3 Å². The SMILES string of the molecule is CC(C)(C)OC(=O)NCc1ccc(-c2scnc2C(=O)O)cc1. The number of carbonyl (C=O) groups excluding carboxylic acids is 1. The standard InChI is InChI=1S/C16H18N2O4S/c1-16(2,3)22-15(21)17-8-10-4-6-11(7-5-10)13-12(14(19)20)18-9-23-13/h4-7,9H,8H2,1-3H3,(H,17,21)(H,19,20). The summed E-state index contributed by atoms with van der Waals surface area (Å²) in [5, 5.41) is 11.8. The number of hydrogen-bond donors (Lipinski definition) is 2. The summed E-state index contributed by atoms with van der Waals surface area (Å²) < 4.78 is 5.16. The van der Waals surface area contributed by atoms with Gasteiger partial charge in [-0.05, 0) is 31.9 Å². The molecule has 0 unspecified atom stereocenters. The Kier molecular flexibility index (Phi) is 5.00. The molecule has 0 bridgehead atoms. The fourth-order valence-electron chi connectivity index (χ4n) is 1.87. The van der Waals surface area contributed by atoms with E-state index < -0.39 is 17.7 Å². The third-order valence-corrected chi connectivity index (χ3v) is 3.70. The minimum Gasteiger partial charge on any atom is -0.476 e. The zero-order chi connectivity index (χ0) is 17.0. The zero-order valence-electron chi connectivity index (χ0n) is 13.1. The number of aromatic nitrogens is 1. The van der Waals surface area contributed by atoms with Crippen molar-refractivity contribution in [2.24, 2.45) is 0 Å². The molecule has 0 saturated carbocycles. The Hall–Kier alpha value is -2.41. The molecule has 0 aliphatic heterocycles. The van der Waals surface area contributed by atoms with Crippen LogP contribution in [0.5, 0.6) is 0 Å². The molecule has 0 fully saturated rings. The first-order valence-corrected chi connectivity index (χ1v) is 7.87. The average molecular weight is 334 g/mol. The van der Waals surface area contributed by atoms with Gasteiger partial charge in [-0.15, -0.1) is 11.3 Å². The van der Waals surface area contributed by atoms with E-state index in [4.69, 9.17) is 9.84 Å². The molecule has 1 aromatic carbocycles. The Morgan fingerprint density at radius 3 is 2.48 bits per heavy atom. The van der Waals surface area contributed by atoms with E-state index in [-0.39, 0.29) is 5.69 Å². The summed E-state index contributed by atoms with van der Waals surface area (Å²) >= 11 is 1.28. The lowest BCUT2D eigenvalue weighted by Crippen LogP contribution is -2.32. The topological polar surface area (TPSA) is 88.5 Å². The van der Waals surface area contributed by atoms with Gasteiger partial charge in [0.05, 0.1) is 10.4 Å². The van der Waals surface area contributed by atoms with E-state index in [1.165, 1.54) is 16.8 Å². The molecular weight excluding hydrogens is 316 g/mol. The largest absolute Gasteiger partial charge is 0.476 e. The third-order valence-electron chi connectivity index (χ3n) is 2.82. The number of nitrogens with zero attached hydrogens (tertiary/aromatic N) is 1. The van der Waals surface area contributed by atoms with Gasteiger partial charge in [-0.1, -0.05) is 24.3 Å². The molecule has 1 heterocycles. The predicted molar refractivity (Wildman–Crippen MR) is 87.6 cm³/mol. The van der Waals surface area contributed by atoms with Crippen LogP contribution < -0.4 is 5.32 Å². The molecular formula is C16H18N2O4S. The molecule has 122 valence electrons. The van der Waals surface area contributed by atoms with E-state index in [0.29, 0.717) is 11.4 Å². The molecule has 6 nitrogen and oxygen atoms in total. The van der Waals surface area contributed by atoms with Gasteiger partial charge in [0, 0.05) is 6.54 Å². The summed E-state index contributed by atoms with van der Waals surface area (Å²) in [6.45, 7) is 5.74. The molecule has 2 aromatic rings. The molecule has 0 radical (unpaired) electrons. The van der Waals surface area contributed by atoms with Gasteiger partial charge >= 0.3 is 12.1 Å². The zero-order valence-corrected chi connectivity index (χ0v) is 13.9. The number of hydrogen-bond acceptors (Lipinski definition) is 5. The highest BCUT2D eigenvalue weighted by atomic mass is 32.1. The highest BCUT2D eigenvalue weighted by molar-refractivity contribution is 7.13. The van der Waals surface area contributed by atoms with Crippen LogP contribution in [-0.4, -0.2) is 27.8 Å². The Labute approximate surface area is 138 Å². The maximum absolute atomic E-state index is 11.6. The third kappa shape index (κ3) is 4.79. The first-order chi connectivity index (χ1) is 10.8. The van der Waals surface area contributed by atoms with Crippen molar-refractivity contribution >= 4 is 23.4 Å². The first-order valence-electron chi connectivity index (χ1n) is 6.99. The number of carbonyl (C=O) groups is 2. The van der Waals surface area contributed by atoms with Crippen LogP contribution in [0.4, 0.5) is 4.79 Å². The number of alkyl carbamates (subject to hydrolysis) is 1. The normalized spacial score (nSPS) is 11.1. The molecule has 7 heteroatoms. The van der Waals surface area contributed by atoms with Crippen molar-refractivity contribution in [2.75, 3.05) is 0 Å². The van der Waals surface area contributed by atoms with Crippen LogP contribution in [0.2, 0.25) is 0 Å². The quantitative estimate of drug-likeness (QED) is 0.893. The Morgan fingerprint density at radius 2 is 1.91 bits per heavy atom. The summed E-state index contributed by atoms with van der Waals surface area (Å²) in [6.07, 6.45) is -0.475. The van der Waals surface area contributed by atoms with Crippen LogP contribution in [0.15, 0.2) is 29.8 Å². The number of benzene rings is 1. The average Bonchev–Trinajstić information content (AvgIpc) is 2.93. The molecule has 23 heavy (non-hydrogen) atoms. The smallest absolute Gasteiger partial charge is 0.407 e. The number of rotatable bonds is 4. The van der Waals surface area contributed by atoms with Gasteiger partial charge < -0.3 is 15.2 Å². The van der Waals surface area contributed by atoms with Gasteiger partial charge in [0.15, 0.2) is 5.69 Å². The maximum atomic E-state index is 11.6. The molecule has 0 spiro atoms. The van der Waals surface area contributed by atoms with Crippen molar-refractivity contribution in [2.45, 2.75) is 32.9 Å². The molecule has 0 saturated heterocycles. The Bertz CT molecular complexity index is 702. The van der Waals surface area contributed by atoms with Gasteiger partial charge in [-0.3, -0.25) is 0 Å². The van der Waals surface area contributed by atoms with Gasteiger partial charge in [0.1, 0.15) is 5.60 Å². The van der Waals surface area contributed by atoms with Crippen molar-refractivity contribution in [1.29, 1.82) is 0 Å². The fraction of sp³-hybridized carbons (Fsp3) is 0.312. The summed E-state index contributed by atoms with van der Waals surface area (Å²) in [5.74, 6) is -1.04. The van der Waals surface area contributed by atoms with Gasteiger partial charge in [0.2, 0.25) is 0 Å². The lowest BCUT2D eigenvalue weighted by atomic mass is 10.1. The van der Waals surface area contributed by atoms with Crippen LogP contribution in [0.25, 0.3) is 10.4 Å². The van der Waals surface area contributed by atoms with Crippen LogP contribution in [0.1, 0.15) is 36.8 Å². The number of carboxylic acid groups (broad SMARTS) is 1. The number of amides is 1. The molecule has 1 aromatic heterocycles. The van der Waals surface area contributed by atoms with E-state index in [0.717, 1.165) is 11.1 Å². The van der Waals surface area contributed by atoms with E-state index >= 15 is 0 Å². The second-order valence-electron chi connectivity index (χ2n) is 5.89. The molecule has 1 amide bonds. The minimum absolute atomic E-state index is 0.0506. The molecule has 0 atom stereocenters. The summed E-state index contributed by atoms with van der Waals surface area (Å²) in [7, 11) is 0. The number of nitrogens with one attached hydrogen (secondary N) is 1. The number of carboxylic acids is 1. The molecule has 0 aliphatic rings. The molecule has 2 N–H and O–H groups in total. The molecule has 2 rings (SSSR count). The van der Waals surface area contributed by atoms with Gasteiger partial charge in [-0.2, -0.15) is 0 Å². The van der Waals surface area contributed by atoms with Crippen molar-refractivity contribution in [3.8, 4) is 10.4 Å². The van der Waals surface area contributed by atoms with Gasteiger partial charge in [-0.25, -0.2) is 14.6 Å². The lowest BCUT2D eigenvalue weighted by Gasteiger charge is -2.19. The van der Waals surface area contributed by atoms with E-state index in [9.17, 15) is 9.59 Å². The Morgan fingerprint density at radius 1 is 1.26 bits per heavy atom. The molecule has 0 aliphatic carbocycles. The van der Waals surface area contributed by atoms with E-state index in [1.54, 1.807) is 20.8 Å². The van der Waals surface area contributed by atoms with Gasteiger partial charge in [0.25, 0.3) is 0 Å². The fourth-order valence-corrected chi connectivity index (χ4v) is 2.65. The first kappa shape index (κ1) is 17.0. The second-order valence-corrected chi connectivity index (χ2v) is 6.74. The van der Waals surface area contributed by atoms with E-state index in [2.05, 4.69) is 10.3 Å². The number of thiazole rings is 1. The minimum atomic E-state index is -1.04. The lowest BCUT2D eigenvalue weighted by molar-refractivity contribution is 0.0523. The highest BCUT2D eigenvalue weighted by Gasteiger charge is 2.16. The summed E-state index contributed by atoms with van der Waals surface area (Å²) in [5.41, 5.74) is 2.70. The maximum Gasteiger partial charge on any atom is 0.407 e. The van der Waals surface area contributed by atoms with Crippen LogP contribution >= 0.6 is 11.3 Å². The monoisotopic (exact) mass is 334 g/mol.